The van der Waals surface area contributed by atoms with Gasteiger partial charge in [-0.25, -0.2) is 9.78 Å². The van der Waals surface area contributed by atoms with Crippen LogP contribution in [0.3, 0.4) is 0 Å². The van der Waals surface area contributed by atoms with Gasteiger partial charge in [-0.3, -0.25) is 4.79 Å². The number of aromatic nitrogens is 1. The smallest absolute Gasteiger partial charge is 0.330 e. The van der Waals surface area contributed by atoms with E-state index in [0.29, 0.717) is 31.0 Å². The third-order valence-electron chi connectivity index (χ3n) is 4.05. The minimum absolute atomic E-state index is 0.313. The van der Waals surface area contributed by atoms with Crippen LogP contribution >= 0.6 is 0 Å². The summed E-state index contributed by atoms with van der Waals surface area (Å²) in [6.07, 6.45) is 0.795. The van der Waals surface area contributed by atoms with E-state index in [1.807, 2.05) is 56.0 Å². The molecule has 1 unspecified atom stereocenters. The summed E-state index contributed by atoms with van der Waals surface area (Å²) in [4.78, 5) is 30.8. The number of hydrogen-bond donors (Lipinski definition) is 1. The van der Waals surface area contributed by atoms with Crippen molar-refractivity contribution >= 4 is 29.0 Å². The van der Waals surface area contributed by atoms with Gasteiger partial charge in [0.15, 0.2) is 6.29 Å². The number of benzene rings is 1. The number of nitrogens with zero attached hydrogens (tertiary/aromatic N) is 2. The number of carbonyl (C=O) groups is 2. The van der Waals surface area contributed by atoms with E-state index < -0.39 is 11.6 Å². The van der Waals surface area contributed by atoms with Crippen LogP contribution < -0.4 is 10.2 Å². The van der Waals surface area contributed by atoms with E-state index in [0.717, 1.165) is 17.2 Å². The number of para-hydroxylation sites is 1. The molecule has 0 saturated carbocycles. The first-order chi connectivity index (χ1) is 11.9. The summed E-state index contributed by atoms with van der Waals surface area (Å²) in [7, 11) is 0. The number of fused-ring (bicyclic) bond motifs is 1. The predicted molar refractivity (Wildman–Crippen MR) is 97.0 cm³/mol. The number of pyridine rings is 1. The summed E-state index contributed by atoms with van der Waals surface area (Å²) < 4.78 is 5.55. The van der Waals surface area contributed by atoms with Crippen LogP contribution in [0, 0.1) is 0 Å². The highest BCUT2D eigenvalue weighted by Gasteiger charge is 2.34. The zero-order valence-electron chi connectivity index (χ0n) is 14.8. The molecule has 0 spiro atoms. The monoisotopic (exact) mass is 341 g/mol. The van der Waals surface area contributed by atoms with E-state index in [4.69, 9.17) is 4.74 Å². The number of anilines is 1. The minimum Gasteiger partial charge on any atom is -0.458 e. The molecule has 1 fully saturated rings. The number of esters is 1. The van der Waals surface area contributed by atoms with E-state index >= 15 is 0 Å². The fraction of sp³-hybridized carbons (Fsp3) is 0.421. The number of carbonyl (C=O) groups excluding carboxylic acids is 2. The Morgan fingerprint density at radius 2 is 2.12 bits per heavy atom. The molecule has 1 atom stereocenters. The van der Waals surface area contributed by atoms with Gasteiger partial charge in [0.25, 0.3) is 0 Å². The van der Waals surface area contributed by atoms with Gasteiger partial charge in [-0.05, 0) is 32.9 Å². The van der Waals surface area contributed by atoms with Gasteiger partial charge in [-0.1, -0.05) is 18.2 Å². The van der Waals surface area contributed by atoms with Crippen molar-refractivity contribution in [3.05, 3.63) is 35.9 Å². The third-order valence-corrected chi connectivity index (χ3v) is 4.05. The Hall–Kier alpha value is -2.47. The topological polar surface area (TPSA) is 71.5 Å². The van der Waals surface area contributed by atoms with Crippen molar-refractivity contribution in [3.8, 4) is 0 Å². The number of hydrogen-bond acceptors (Lipinski definition) is 6. The normalized spacial score (nSPS) is 18.2. The highest BCUT2D eigenvalue weighted by atomic mass is 16.6. The van der Waals surface area contributed by atoms with Crippen molar-refractivity contribution in [2.24, 2.45) is 0 Å². The molecular weight excluding hydrogens is 318 g/mol. The first-order valence-electron chi connectivity index (χ1n) is 8.44. The molecule has 132 valence electrons. The fourth-order valence-corrected chi connectivity index (χ4v) is 2.98. The highest BCUT2D eigenvalue weighted by Crippen LogP contribution is 2.25. The lowest BCUT2D eigenvalue weighted by molar-refractivity contribution is -0.156. The van der Waals surface area contributed by atoms with Crippen molar-refractivity contribution in [3.63, 3.8) is 0 Å². The molecule has 0 aliphatic carbocycles. The van der Waals surface area contributed by atoms with Crippen molar-refractivity contribution in [2.45, 2.75) is 32.4 Å². The van der Waals surface area contributed by atoms with Gasteiger partial charge in [0.05, 0.1) is 11.1 Å². The predicted octanol–water partition coefficient (Wildman–Crippen LogP) is 2.17. The van der Waals surface area contributed by atoms with Crippen LogP contribution in [0.15, 0.2) is 30.3 Å². The Morgan fingerprint density at radius 3 is 2.84 bits per heavy atom. The molecule has 6 heteroatoms. The van der Waals surface area contributed by atoms with Crippen LogP contribution in [-0.2, 0) is 9.53 Å². The van der Waals surface area contributed by atoms with E-state index in [1.165, 1.54) is 0 Å². The van der Waals surface area contributed by atoms with Gasteiger partial charge in [0.1, 0.15) is 17.5 Å². The highest BCUT2D eigenvalue weighted by molar-refractivity contribution is 5.93. The molecule has 1 N–H and O–H groups in total. The van der Waals surface area contributed by atoms with E-state index in [1.54, 1.807) is 0 Å². The Labute approximate surface area is 147 Å². The molecule has 1 aromatic carbocycles. The van der Waals surface area contributed by atoms with Gasteiger partial charge in [0, 0.05) is 25.0 Å². The zero-order chi connectivity index (χ0) is 18.0. The van der Waals surface area contributed by atoms with Crippen molar-refractivity contribution in [1.82, 2.24) is 10.3 Å². The quantitative estimate of drug-likeness (QED) is 0.681. The molecule has 1 aromatic heterocycles. The molecule has 25 heavy (non-hydrogen) atoms. The van der Waals surface area contributed by atoms with Gasteiger partial charge < -0.3 is 15.0 Å². The molecule has 3 rings (SSSR count). The molecule has 0 amide bonds. The van der Waals surface area contributed by atoms with Crippen LogP contribution in [0.1, 0.15) is 31.1 Å². The Bertz CT molecular complexity index is 798. The molecule has 1 aliphatic rings. The SMILES string of the molecule is CC(C)(C)OC(=O)C1CNCCN1c1nc2ccccc2cc1C=O. The number of aldehydes is 1. The molecule has 1 aliphatic heterocycles. The van der Waals surface area contributed by atoms with Gasteiger partial charge in [-0.15, -0.1) is 0 Å². The molecule has 6 nitrogen and oxygen atoms in total. The summed E-state index contributed by atoms with van der Waals surface area (Å²) in [5.74, 6) is 0.220. The zero-order valence-corrected chi connectivity index (χ0v) is 14.8. The van der Waals surface area contributed by atoms with Crippen molar-refractivity contribution < 1.29 is 14.3 Å². The maximum atomic E-state index is 12.6. The van der Waals surface area contributed by atoms with Crippen LogP contribution in [0.2, 0.25) is 0 Å². The summed E-state index contributed by atoms with van der Waals surface area (Å²) in [5.41, 5.74) is 0.712. The van der Waals surface area contributed by atoms with Gasteiger partial charge >= 0.3 is 5.97 Å². The maximum Gasteiger partial charge on any atom is 0.330 e. The Morgan fingerprint density at radius 1 is 1.36 bits per heavy atom. The Kier molecular flexibility index (Phi) is 4.72. The average molecular weight is 341 g/mol. The molecule has 0 radical (unpaired) electrons. The molecule has 2 heterocycles. The lowest BCUT2D eigenvalue weighted by Gasteiger charge is -2.37. The number of piperazine rings is 1. The second-order valence-electron chi connectivity index (χ2n) is 7.16. The van der Waals surface area contributed by atoms with E-state index in [9.17, 15) is 9.59 Å². The van der Waals surface area contributed by atoms with Crippen molar-refractivity contribution in [1.29, 1.82) is 0 Å². The van der Waals surface area contributed by atoms with Crippen LogP contribution in [0.5, 0.6) is 0 Å². The number of nitrogens with one attached hydrogen (secondary N) is 1. The average Bonchev–Trinajstić information content (AvgIpc) is 2.59. The largest absolute Gasteiger partial charge is 0.458 e. The third kappa shape index (κ3) is 3.79. The molecule has 1 saturated heterocycles. The molecule has 0 bridgehead atoms. The standard InChI is InChI=1S/C19H23N3O3/c1-19(2,3)25-18(24)16-11-20-8-9-22(16)17-14(12-23)10-13-6-4-5-7-15(13)21-17/h4-7,10,12,16,20H,8-9,11H2,1-3H3. The van der Waals surface area contributed by atoms with Crippen LogP contribution in [0.4, 0.5) is 5.82 Å². The maximum absolute atomic E-state index is 12.6. The van der Waals surface area contributed by atoms with Gasteiger partial charge in [0.2, 0.25) is 0 Å². The molecular formula is C19H23N3O3. The Balaban J connectivity index is 2.01. The molecule has 2 aromatic rings. The lowest BCUT2D eigenvalue weighted by Crippen LogP contribution is -2.57. The summed E-state index contributed by atoms with van der Waals surface area (Å²) in [6.45, 7) is 7.29. The fourth-order valence-electron chi connectivity index (χ4n) is 2.98. The first-order valence-corrected chi connectivity index (χ1v) is 8.44. The summed E-state index contributed by atoms with van der Waals surface area (Å²) >= 11 is 0. The minimum atomic E-state index is -0.565. The summed E-state index contributed by atoms with van der Waals surface area (Å²) in [5, 5.41) is 4.12. The van der Waals surface area contributed by atoms with Crippen LogP contribution in [-0.4, -0.2) is 48.5 Å². The second-order valence-corrected chi connectivity index (χ2v) is 7.16. The van der Waals surface area contributed by atoms with E-state index in [-0.39, 0.29) is 5.97 Å². The number of rotatable bonds is 3. The second kappa shape index (κ2) is 6.80. The lowest BCUT2D eigenvalue weighted by atomic mass is 10.1. The van der Waals surface area contributed by atoms with Gasteiger partial charge in [-0.2, -0.15) is 0 Å². The van der Waals surface area contributed by atoms with Crippen molar-refractivity contribution in [2.75, 3.05) is 24.5 Å². The number of ether oxygens (including phenoxy) is 1. The van der Waals surface area contributed by atoms with E-state index in [2.05, 4.69) is 10.3 Å². The summed E-state index contributed by atoms with van der Waals surface area (Å²) in [6, 6.07) is 8.94. The van der Waals surface area contributed by atoms with Crippen LogP contribution in [0.25, 0.3) is 10.9 Å². The first kappa shape index (κ1) is 17.4.